The second-order valence-electron chi connectivity index (χ2n) is 8.49. The summed E-state index contributed by atoms with van der Waals surface area (Å²) in [6.07, 6.45) is 0.951. The molecule has 1 heterocycles. The van der Waals surface area contributed by atoms with E-state index in [1.54, 1.807) is 18.2 Å². The van der Waals surface area contributed by atoms with Crippen LogP contribution in [0, 0.1) is 0 Å². The van der Waals surface area contributed by atoms with Crippen LogP contribution in [0.25, 0.3) is 11.0 Å². The van der Waals surface area contributed by atoms with Gasteiger partial charge in [-0.25, -0.2) is 4.79 Å². The van der Waals surface area contributed by atoms with Crippen molar-refractivity contribution in [2.45, 2.75) is 45.8 Å². The van der Waals surface area contributed by atoms with Crippen molar-refractivity contribution in [2.75, 3.05) is 0 Å². The summed E-state index contributed by atoms with van der Waals surface area (Å²) in [5.41, 5.74) is 1.95. The van der Waals surface area contributed by atoms with Gasteiger partial charge in [0.15, 0.2) is 6.10 Å². The van der Waals surface area contributed by atoms with Crippen molar-refractivity contribution in [1.29, 1.82) is 0 Å². The third-order valence-electron chi connectivity index (χ3n) is 5.61. The summed E-state index contributed by atoms with van der Waals surface area (Å²) in [6.45, 7) is 6.14. The quantitative estimate of drug-likeness (QED) is 0.255. The highest BCUT2D eigenvalue weighted by Crippen LogP contribution is 2.30. The SMILES string of the molecule is CCC(Oc1ccc2c(=O)c(Oc3ccccc3C(C)C)coc2c1)C(=O)OCc1ccccc1. The van der Waals surface area contributed by atoms with Gasteiger partial charge in [0.1, 0.15) is 30.0 Å². The van der Waals surface area contributed by atoms with Gasteiger partial charge in [0, 0.05) is 6.07 Å². The maximum Gasteiger partial charge on any atom is 0.347 e. The average molecular weight is 473 g/mol. The number of carbonyl (C=O) groups is 1. The van der Waals surface area contributed by atoms with Gasteiger partial charge in [0.25, 0.3) is 0 Å². The number of para-hydroxylation sites is 1. The molecule has 1 atom stereocenters. The molecule has 0 fully saturated rings. The van der Waals surface area contributed by atoms with E-state index < -0.39 is 12.1 Å². The molecule has 1 unspecified atom stereocenters. The van der Waals surface area contributed by atoms with E-state index in [-0.39, 0.29) is 23.7 Å². The van der Waals surface area contributed by atoms with Gasteiger partial charge < -0.3 is 18.6 Å². The fourth-order valence-corrected chi connectivity index (χ4v) is 3.69. The van der Waals surface area contributed by atoms with Crippen LogP contribution >= 0.6 is 0 Å². The zero-order valence-corrected chi connectivity index (χ0v) is 20.0. The minimum atomic E-state index is -0.780. The molecule has 4 aromatic rings. The molecule has 6 heteroatoms. The molecule has 0 N–H and O–H groups in total. The van der Waals surface area contributed by atoms with Crippen LogP contribution in [0.15, 0.2) is 88.3 Å². The normalized spacial score (nSPS) is 11.9. The molecule has 0 amide bonds. The van der Waals surface area contributed by atoms with E-state index in [1.807, 2.05) is 61.5 Å². The Bertz CT molecular complexity index is 1360. The highest BCUT2D eigenvalue weighted by Gasteiger charge is 2.21. The van der Waals surface area contributed by atoms with Crippen LogP contribution in [0.3, 0.4) is 0 Å². The molecule has 1 aromatic heterocycles. The van der Waals surface area contributed by atoms with Crippen molar-refractivity contribution in [3.8, 4) is 17.2 Å². The topological polar surface area (TPSA) is 75.0 Å². The highest BCUT2D eigenvalue weighted by atomic mass is 16.6. The van der Waals surface area contributed by atoms with Gasteiger partial charge in [-0.1, -0.05) is 69.3 Å². The number of carbonyl (C=O) groups excluding carboxylic acids is 1. The number of hydrogen-bond acceptors (Lipinski definition) is 6. The maximum absolute atomic E-state index is 13.0. The van der Waals surface area contributed by atoms with Crippen LogP contribution in [0.5, 0.6) is 17.2 Å². The van der Waals surface area contributed by atoms with E-state index in [1.165, 1.54) is 6.26 Å². The molecule has 0 saturated heterocycles. The summed E-state index contributed by atoms with van der Waals surface area (Å²) in [7, 11) is 0. The lowest BCUT2D eigenvalue weighted by atomic mass is 10.0. The first-order chi connectivity index (χ1) is 17.0. The third-order valence-corrected chi connectivity index (χ3v) is 5.61. The van der Waals surface area contributed by atoms with Gasteiger partial charge in [0.05, 0.1) is 5.39 Å². The molecule has 0 aliphatic carbocycles. The number of esters is 1. The zero-order valence-electron chi connectivity index (χ0n) is 20.0. The van der Waals surface area contributed by atoms with Gasteiger partial charge in [-0.2, -0.15) is 0 Å². The smallest absolute Gasteiger partial charge is 0.347 e. The van der Waals surface area contributed by atoms with Crippen LogP contribution in [0.1, 0.15) is 44.2 Å². The number of rotatable bonds is 9. The fraction of sp³-hybridized carbons (Fsp3) is 0.241. The molecule has 0 bridgehead atoms. The molecule has 0 spiro atoms. The first-order valence-electron chi connectivity index (χ1n) is 11.7. The largest absolute Gasteiger partial charge is 0.479 e. The minimum Gasteiger partial charge on any atom is -0.479 e. The van der Waals surface area contributed by atoms with Crippen molar-refractivity contribution in [2.24, 2.45) is 0 Å². The van der Waals surface area contributed by atoms with E-state index >= 15 is 0 Å². The monoisotopic (exact) mass is 472 g/mol. The second kappa shape index (κ2) is 10.9. The molecule has 0 saturated carbocycles. The molecule has 35 heavy (non-hydrogen) atoms. The lowest BCUT2D eigenvalue weighted by Crippen LogP contribution is -2.28. The Hall–Kier alpha value is -4.06. The van der Waals surface area contributed by atoms with Crippen molar-refractivity contribution in [3.63, 3.8) is 0 Å². The first-order valence-corrected chi connectivity index (χ1v) is 11.7. The van der Waals surface area contributed by atoms with E-state index in [0.29, 0.717) is 28.9 Å². The van der Waals surface area contributed by atoms with Gasteiger partial charge in [-0.3, -0.25) is 4.79 Å². The number of benzene rings is 3. The summed E-state index contributed by atoms with van der Waals surface area (Å²) < 4.78 is 22.9. The fourth-order valence-electron chi connectivity index (χ4n) is 3.69. The zero-order chi connectivity index (χ0) is 24.8. The molecule has 0 radical (unpaired) electrons. The maximum atomic E-state index is 13.0. The predicted molar refractivity (Wildman–Crippen MR) is 134 cm³/mol. The van der Waals surface area contributed by atoms with Crippen LogP contribution in [0.2, 0.25) is 0 Å². The summed E-state index contributed by atoms with van der Waals surface area (Å²) in [5, 5.41) is 0.358. The second-order valence-corrected chi connectivity index (χ2v) is 8.49. The summed E-state index contributed by atoms with van der Waals surface area (Å²) in [4.78, 5) is 25.6. The summed E-state index contributed by atoms with van der Waals surface area (Å²) in [5.74, 6) is 0.918. The van der Waals surface area contributed by atoms with E-state index in [9.17, 15) is 9.59 Å². The van der Waals surface area contributed by atoms with Crippen LogP contribution in [0.4, 0.5) is 0 Å². The Morgan fingerprint density at radius 3 is 2.43 bits per heavy atom. The van der Waals surface area contributed by atoms with Gasteiger partial charge in [-0.15, -0.1) is 0 Å². The molecule has 3 aromatic carbocycles. The standard InChI is InChI=1S/C29H28O6/c1-4-24(29(31)33-17-20-10-6-5-7-11-20)34-21-14-15-23-26(16-21)32-18-27(28(23)30)35-25-13-9-8-12-22(25)19(2)3/h5-16,18-19,24H,4,17H2,1-3H3. The van der Waals surface area contributed by atoms with E-state index in [2.05, 4.69) is 13.8 Å². The number of hydrogen-bond donors (Lipinski definition) is 0. The van der Waals surface area contributed by atoms with Gasteiger partial charge >= 0.3 is 5.97 Å². The Labute approximate surface area is 204 Å². The van der Waals surface area contributed by atoms with Crippen LogP contribution in [-0.4, -0.2) is 12.1 Å². The Balaban J connectivity index is 1.49. The molecular formula is C29H28O6. The van der Waals surface area contributed by atoms with Gasteiger partial charge in [0.2, 0.25) is 11.2 Å². The van der Waals surface area contributed by atoms with Crippen LogP contribution < -0.4 is 14.9 Å². The summed E-state index contributed by atoms with van der Waals surface area (Å²) >= 11 is 0. The molecule has 180 valence electrons. The Morgan fingerprint density at radius 2 is 1.69 bits per heavy atom. The Morgan fingerprint density at radius 1 is 0.943 bits per heavy atom. The number of fused-ring (bicyclic) bond motifs is 1. The lowest BCUT2D eigenvalue weighted by Gasteiger charge is -2.17. The minimum absolute atomic E-state index is 0.107. The van der Waals surface area contributed by atoms with Gasteiger partial charge in [-0.05, 0) is 41.7 Å². The van der Waals surface area contributed by atoms with E-state index in [0.717, 1.165) is 11.1 Å². The number of ether oxygens (including phenoxy) is 3. The Kier molecular flexibility index (Phi) is 7.51. The third kappa shape index (κ3) is 5.72. The van der Waals surface area contributed by atoms with Crippen molar-refractivity contribution in [1.82, 2.24) is 0 Å². The van der Waals surface area contributed by atoms with E-state index in [4.69, 9.17) is 18.6 Å². The molecule has 0 aliphatic rings. The van der Waals surface area contributed by atoms with Crippen molar-refractivity contribution >= 4 is 16.9 Å². The summed E-state index contributed by atoms with van der Waals surface area (Å²) in [6, 6.07) is 21.9. The lowest BCUT2D eigenvalue weighted by molar-refractivity contribution is -0.153. The molecule has 0 aliphatic heterocycles. The first kappa shape index (κ1) is 24.1. The average Bonchev–Trinajstić information content (AvgIpc) is 2.88. The molecule has 6 nitrogen and oxygen atoms in total. The predicted octanol–water partition coefficient (Wildman–Crippen LogP) is 6.61. The van der Waals surface area contributed by atoms with Crippen LogP contribution in [-0.2, 0) is 16.1 Å². The van der Waals surface area contributed by atoms with Crippen molar-refractivity contribution in [3.05, 3.63) is 100 Å². The molecule has 4 rings (SSSR count). The molecular weight excluding hydrogens is 444 g/mol. The van der Waals surface area contributed by atoms with Crippen molar-refractivity contribution < 1.29 is 23.4 Å². The highest BCUT2D eigenvalue weighted by molar-refractivity contribution is 5.80.